The van der Waals surface area contributed by atoms with E-state index in [1.807, 2.05) is 30.3 Å². The first-order chi connectivity index (χ1) is 14.6. The van der Waals surface area contributed by atoms with Crippen LogP contribution in [0.25, 0.3) is 0 Å². The molecule has 32 heavy (non-hydrogen) atoms. The van der Waals surface area contributed by atoms with Crippen LogP contribution in [-0.4, -0.2) is 32.7 Å². The predicted molar refractivity (Wildman–Crippen MR) is 129 cm³/mol. The number of carbonyl (C=O) groups excluding carboxylic acids is 2. The summed E-state index contributed by atoms with van der Waals surface area (Å²) in [5, 5.41) is 2.72. The number of hydrogen-bond acceptors (Lipinski definition) is 5. The minimum absolute atomic E-state index is 0.0769. The van der Waals surface area contributed by atoms with Crippen molar-refractivity contribution in [3.8, 4) is 0 Å². The Morgan fingerprint density at radius 2 is 1.62 bits per heavy atom. The lowest BCUT2D eigenvalue weighted by atomic mass is 9.77. The van der Waals surface area contributed by atoms with Crippen molar-refractivity contribution < 1.29 is 23.5 Å². The number of alkyl carbamates (subject to hydrolysis) is 1. The molecule has 1 aromatic carbocycles. The molecule has 1 saturated carbocycles. The van der Waals surface area contributed by atoms with Gasteiger partial charge in [-0.1, -0.05) is 71.9 Å². The molecule has 0 aliphatic heterocycles. The maximum absolute atomic E-state index is 13.2. The van der Waals surface area contributed by atoms with Gasteiger partial charge in [-0.2, -0.15) is 0 Å². The number of rotatable bonds is 8. The van der Waals surface area contributed by atoms with E-state index in [4.69, 9.17) is 13.9 Å². The fourth-order valence-electron chi connectivity index (χ4n) is 3.32. The van der Waals surface area contributed by atoms with Crippen LogP contribution in [-0.2, 0) is 25.3 Å². The lowest BCUT2D eigenvalue weighted by Crippen LogP contribution is -2.53. The van der Waals surface area contributed by atoms with Crippen molar-refractivity contribution in [2.75, 3.05) is 0 Å². The lowest BCUT2D eigenvalue weighted by Gasteiger charge is -2.41. The Hall–Kier alpha value is -1.86. The van der Waals surface area contributed by atoms with Crippen molar-refractivity contribution in [3.05, 3.63) is 35.9 Å². The van der Waals surface area contributed by atoms with E-state index in [1.54, 1.807) is 6.92 Å². The molecule has 0 spiro atoms. The molecule has 0 aromatic heterocycles. The molecule has 1 fully saturated rings. The average molecular weight is 464 g/mol. The van der Waals surface area contributed by atoms with Crippen molar-refractivity contribution in [1.29, 1.82) is 0 Å². The lowest BCUT2D eigenvalue weighted by molar-refractivity contribution is -0.180. The topological polar surface area (TPSA) is 73.9 Å². The minimum atomic E-state index is -2.27. The third-order valence-electron chi connectivity index (χ3n) is 6.98. The van der Waals surface area contributed by atoms with Crippen molar-refractivity contribution >= 4 is 20.4 Å². The van der Waals surface area contributed by atoms with Gasteiger partial charge in [0.1, 0.15) is 6.61 Å². The highest BCUT2D eigenvalue weighted by Crippen LogP contribution is 2.59. The molecule has 1 aromatic rings. The molecule has 0 bridgehead atoms. The molecule has 7 heteroatoms. The first kappa shape index (κ1) is 26.4. The molecule has 1 aliphatic rings. The largest absolute Gasteiger partial charge is 0.445 e. The zero-order chi connectivity index (χ0) is 24.4. The number of esters is 1. The second kappa shape index (κ2) is 9.55. The third kappa shape index (κ3) is 6.35. The van der Waals surface area contributed by atoms with E-state index in [2.05, 4.69) is 60.0 Å². The highest BCUT2D eigenvalue weighted by molar-refractivity contribution is 6.74. The van der Waals surface area contributed by atoms with Crippen LogP contribution in [0, 0.1) is 10.8 Å². The minimum Gasteiger partial charge on any atom is -0.445 e. The summed E-state index contributed by atoms with van der Waals surface area (Å²) < 4.78 is 17.8. The van der Waals surface area contributed by atoms with Gasteiger partial charge >= 0.3 is 12.1 Å². The Labute approximate surface area is 194 Å². The Bertz CT molecular complexity index is 791. The van der Waals surface area contributed by atoms with Gasteiger partial charge in [-0.05, 0) is 48.9 Å². The number of amides is 1. The second-order valence-corrected chi connectivity index (χ2v) is 16.2. The van der Waals surface area contributed by atoms with Crippen LogP contribution in [0.2, 0.25) is 18.1 Å². The maximum Gasteiger partial charge on any atom is 0.407 e. The first-order valence-corrected chi connectivity index (χ1v) is 14.4. The van der Waals surface area contributed by atoms with Gasteiger partial charge < -0.3 is 19.2 Å². The zero-order valence-corrected chi connectivity index (χ0v) is 22.2. The van der Waals surface area contributed by atoms with Crippen molar-refractivity contribution in [1.82, 2.24) is 5.32 Å². The Morgan fingerprint density at radius 3 is 2.09 bits per heavy atom. The zero-order valence-electron chi connectivity index (χ0n) is 21.2. The molecule has 1 aliphatic carbocycles. The first-order valence-electron chi connectivity index (χ1n) is 11.5. The number of carbonyl (C=O) groups is 2. The molecule has 1 unspecified atom stereocenters. The van der Waals surface area contributed by atoms with E-state index >= 15 is 0 Å². The Balaban J connectivity index is 2.10. The van der Waals surface area contributed by atoms with Crippen molar-refractivity contribution in [3.63, 3.8) is 0 Å². The van der Waals surface area contributed by atoms with E-state index in [1.165, 1.54) is 0 Å². The van der Waals surface area contributed by atoms with Crippen LogP contribution in [0.1, 0.15) is 66.9 Å². The summed E-state index contributed by atoms with van der Waals surface area (Å²) in [5.74, 6) is -0.250. The van der Waals surface area contributed by atoms with E-state index in [-0.39, 0.29) is 23.0 Å². The molecule has 0 radical (unpaired) electrons. The highest BCUT2D eigenvalue weighted by atomic mass is 28.4. The van der Waals surface area contributed by atoms with E-state index in [9.17, 15) is 9.59 Å². The van der Waals surface area contributed by atoms with Crippen LogP contribution in [0.15, 0.2) is 30.3 Å². The monoisotopic (exact) mass is 463 g/mol. The summed E-state index contributed by atoms with van der Waals surface area (Å²) in [6.45, 7) is 18.7. The van der Waals surface area contributed by atoms with Gasteiger partial charge in [0, 0.05) is 0 Å². The van der Waals surface area contributed by atoms with Crippen molar-refractivity contribution in [2.24, 2.45) is 10.8 Å². The van der Waals surface area contributed by atoms with Crippen LogP contribution >= 0.6 is 0 Å². The van der Waals surface area contributed by atoms with Gasteiger partial charge in [-0.3, -0.25) is 4.79 Å². The molecule has 1 amide bonds. The molecule has 180 valence electrons. The number of benzene rings is 1. The quantitative estimate of drug-likeness (QED) is 0.290. The van der Waals surface area contributed by atoms with Crippen LogP contribution in [0.4, 0.5) is 4.79 Å². The molecule has 1 N–H and O–H groups in total. The molecular weight excluding hydrogens is 422 g/mol. The molecule has 6 nitrogen and oxygen atoms in total. The van der Waals surface area contributed by atoms with Crippen molar-refractivity contribution in [2.45, 2.75) is 98.4 Å². The smallest absolute Gasteiger partial charge is 0.407 e. The highest BCUT2D eigenvalue weighted by Gasteiger charge is 2.60. The summed E-state index contributed by atoms with van der Waals surface area (Å²) in [4.78, 5) is 25.6. The number of hydrogen-bond donors (Lipinski definition) is 1. The summed E-state index contributed by atoms with van der Waals surface area (Å²) >= 11 is 0. The molecule has 0 saturated heterocycles. The van der Waals surface area contributed by atoms with Gasteiger partial charge in [-0.15, -0.1) is 0 Å². The fraction of sp³-hybridized carbons (Fsp3) is 0.680. The maximum atomic E-state index is 13.2. The number of nitrogens with one attached hydrogen (secondary N) is 1. The molecule has 2 rings (SSSR count). The number of ether oxygens (including phenoxy) is 2. The third-order valence-corrected chi connectivity index (χ3v) is 11.4. The van der Waals surface area contributed by atoms with Gasteiger partial charge in [0.15, 0.2) is 8.32 Å². The standard InChI is InChI=1S/C25H41NO5Si/c1-18(26-22(28)29-17-19-13-11-10-12-14-19)20(31-32(8,9)24(5,6)7)30-21(27)25(15-16-25)23(2,3)4/h10-14,18,20H,15-17H2,1-9H3,(H,26,28)/t18-,20?/m0/s1. The van der Waals surface area contributed by atoms with Gasteiger partial charge in [-0.25, -0.2) is 4.79 Å². The van der Waals surface area contributed by atoms with E-state index in [0.717, 1.165) is 18.4 Å². The molecular formula is C25H41NO5Si. The van der Waals surface area contributed by atoms with Crippen LogP contribution < -0.4 is 5.32 Å². The summed E-state index contributed by atoms with van der Waals surface area (Å²) in [6, 6.07) is 8.92. The SMILES string of the molecule is C[C@H](NC(=O)OCc1ccccc1)C(OC(=O)C1(C(C)(C)C)CC1)O[Si](C)(C)C(C)(C)C. The second-order valence-electron chi connectivity index (χ2n) is 11.5. The molecule has 0 heterocycles. The van der Waals surface area contributed by atoms with Gasteiger partial charge in [0.2, 0.25) is 6.29 Å². The van der Waals surface area contributed by atoms with Gasteiger partial charge in [0.25, 0.3) is 0 Å². The summed E-state index contributed by atoms with van der Waals surface area (Å²) in [5.41, 5.74) is 0.212. The predicted octanol–water partition coefficient (Wildman–Crippen LogP) is 6.02. The normalized spacial score (nSPS) is 17.8. The van der Waals surface area contributed by atoms with E-state index in [0.29, 0.717) is 0 Å². The summed E-state index contributed by atoms with van der Waals surface area (Å²) in [6.07, 6.45) is 0.164. The molecule has 2 atom stereocenters. The van der Waals surface area contributed by atoms with Crippen LogP contribution in [0.5, 0.6) is 0 Å². The fourth-order valence-corrected chi connectivity index (χ4v) is 4.50. The van der Waals surface area contributed by atoms with Gasteiger partial charge in [0.05, 0.1) is 11.5 Å². The Morgan fingerprint density at radius 1 is 1.06 bits per heavy atom. The van der Waals surface area contributed by atoms with E-state index < -0.39 is 32.2 Å². The average Bonchev–Trinajstić information content (AvgIpc) is 3.47. The van der Waals surface area contributed by atoms with Crippen LogP contribution in [0.3, 0.4) is 0 Å². The summed E-state index contributed by atoms with van der Waals surface area (Å²) in [7, 11) is -2.27. The Kier molecular flexibility index (Phi) is 7.88.